The highest BCUT2D eigenvalue weighted by atomic mass is 16.4. The monoisotopic (exact) mass is 290 g/mol. The van der Waals surface area contributed by atoms with E-state index in [4.69, 9.17) is 10.2 Å². The zero-order valence-electron chi connectivity index (χ0n) is 11.1. The highest BCUT2D eigenvalue weighted by Crippen LogP contribution is 2.09. The fraction of sp³-hybridized carbons (Fsp3) is 0.231. The van der Waals surface area contributed by atoms with E-state index in [9.17, 15) is 9.59 Å². The quantitative estimate of drug-likeness (QED) is 0.691. The molecule has 0 saturated heterocycles. The van der Waals surface area contributed by atoms with Crippen molar-refractivity contribution in [3.8, 4) is 5.75 Å². The maximum atomic E-state index is 11.8. The van der Waals surface area contributed by atoms with E-state index >= 15 is 0 Å². The summed E-state index contributed by atoms with van der Waals surface area (Å²) in [6, 6.07) is 6.69. The Balaban J connectivity index is 1.82. The lowest BCUT2D eigenvalue weighted by Crippen LogP contribution is -2.26. The molecule has 8 nitrogen and oxygen atoms in total. The molecule has 21 heavy (non-hydrogen) atoms. The number of carbonyl (C=O) groups excluding carboxylic acids is 1. The largest absolute Gasteiger partial charge is 0.508 e. The highest BCUT2D eigenvalue weighted by Gasteiger charge is 2.11. The Hall–Kier alpha value is -2.90. The van der Waals surface area contributed by atoms with E-state index in [2.05, 4.69) is 15.6 Å². The van der Waals surface area contributed by atoms with Crippen LogP contribution in [0.25, 0.3) is 0 Å². The molecule has 0 saturated carbocycles. The molecule has 1 heterocycles. The van der Waals surface area contributed by atoms with Crippen LogP contribution in [-0.2, 0) is 17.8 Å². The first-order valence-corrected chi connectivity index (χ1v) is 6.22. The molecular formula is C13H14N4O4. The zero-order valence-corrected chi connectivity index (χ0v) is 11.1. The molecule has 8 heteroatoms. The molecule has 1 aromatic heterocycles. The summed E-state index contributed by atoms with van der Waals surface area (Å²) in [7, 11) is 0. The number of aromatic hydroxyl groups is 1. The SMILES string of the molecule is O=C(O)Cn1cc(C(=O)NCCc2ccc(O)cc2)nn1. The second kappa shape index (κ2) is 6.51. The highest BCUT2D eigenvalue weighted by molar-refractivity contribution is 5.91. The van der Waals surface area contributed by atoms with Gasteiger partial charge in [-0.25, -0.2) is 4.68 Å². The molecule has 0 bridgehead atoms. The van der Waals surface area contributed by atoms with Gasteiger partial charge < -0.3 is 15.5 Å². The molecule has 0 aliphatic heterocycles. The van der Waals surface area contributed by atoms with Gasteiger partial charge >= 0.3 is 5.97 Å². The molecule has 1 aromatic carbocycles. The van der Waals surface area contributed by atoms with Crippen LogP contribution in [0.1, 0.15) is 16.1 Å². The first kappa shape index (κ1) is 14.5. The van der Waals surface area contributed by atoms with Gasteiger partial charge in [-0.2, -0.15) is 0 Å². The fourth-order valence-corrected chi connectivity index (χ4v) is 1.69. The molecule has 1 amide bonds. The Bertz CT molecular complexity index is 636. The Morgan fingerprint density at radius 3 is 2.62 bits per heavy atom. The second-order valence-corrected chi connectivity index (χ2v) is 4.37. The lowest BCUT2D eigenvalue weighted by molar-refractivity contribution is -0.137. The molecule has 0 aliphatic carbocycles. The molecule has 0 unspecified atom stereocenters. The van der Waals surface area contributed by atoms with Gasteiger partial charge in [-0.15, -0.1) is 5.10 Å². The van der Waals surface area contributed by atoms with Gasteiger partial charge in [-0.1, -0.05) is 17.3 Å². The Labute approximate surface area is 120 Å². The number of carboxylic acids is 1. The third kappa shape index (κ3) is 4.30. The van der Waals surface area contributed by atoms with E-state index in [-0.39, 0.29) is 18.0 Å². The van der Waals surface area contributed by atoms with Crippen LogP contribution in [0.15, 0.2) is 30.5 Å². The number of phenolic OH excluding ortho intramolecular Hbond substituents is 1. The van der Waals surface area contributed by atoms with Gasteiger partial charge in [0.05, 0.1) is 6.20 Å². The number of hydrogen-bond donors (Lipinski definition) is 3. The van der Waals surface area contributed by atoms with E-state index in [1.807, 2.05) is 0 Å². The van der Waals surface area contributed by atoms with E-state index in [1.54, 1.807) is 24.3 Å². The maximum Gasteiger partial charge on any atom is 0.325 e. The number of amides is 1. The molecule has 2 rings (SSSR count). The molecule has 3 N–H and O–H groups in total. The summed E-state index contributed by atoms with van der Waals surface area (Å²) in [5.74, 6) is -1.28. The normalized spacial score (nSPS) is 10.3. The molecule has 110 valence electrons. The van der Waals surface area contributed by atoms with Crippen LogP contribution in [0.5, 0.6) is 5.75 Å². The van der Waals surface area contributed by atoms with Crippen LogP contribution in [0.3, 0.4) is 0 Å². The van der Waals surface area contributed by atoms with Gasteiger partial charge in [-0.3, -0.25) is 9.59 Å². The number of aromatic nitrogens is 3. The van der Waals surface area contributed by atoms with Crippen molar-refractivity contribution < 1.29 is 19.8 Å². The number of rotatable bonds is 6. The first-order chi connectivity index (χ1) is 10.0. The lowest BCUT2D eigenvalue weighted by atomic mass is 10.1. The van der Waals surface area contributed by atoms with E-state index < -0.39 is 11.9 Å². The Morgan fingerprint density at radius 2 is 1.95 bits per heavy atom. The smallest absolute Gasteiger partial charge is 0.325 e. The molecule has 2 aromatic rings. The van der Waals surface area contributed by atoms with Gasteiger partial charge in [0.15, 0.2) is 5.69 Å². The van der Waals surface area contributed by atoms with Crippen LogP contribution in [0, 0.1) is 0 Å². The summed E-state index contributed by atoms with van der Waals surface area (Å²) < 4.78 is 1.08. The number of nitrogens with zero attached hydrogens (tertiary/aromatic N) is 3. The average Bonchev–Trinajstić information content (AvgIpc) is 2.88. The Kier molecular flexibility index (Phi) is 4.50. The van der Waals surface area contributed by atoms with Crippen molar-refractivity contribution in [2.24, 2.45) is 0 Å². The van der Waals surface area contributed by atoms with Crippen molar-refractivity contribution >= 4 is 11.9 Å². The van der Waals surface area contributed by atoms with Gasteiger partial charge in [0.2, 0.25) is 0 Å². The molecular weight excluding hydrogens is 276 g/mol. The summed E-state index contributed by atoms with van der Waals surface area (Å²) in [5, 5.41) is 27.6. The van der Waals surface area contributed by atoms with Crippen molar-refractivity contribution in [3.05, 3.63) is 41.7 Å². The third-order valence-electron chi connectivity index (χ3n) is 2.70. The van der Waals surface area contributed by atoms with Crippen LogP contribution < -0.4 is 5.32 Å². The average molecular weight is 290 g/mol. The molecule has 0 fully saturated rings. The topological polar surface area (TPSA) is 117 Å². The number of benzene rings is 1. The minimum Gasteiger partial charge on any atom is -0.508 e. The lowest BCUT2D eigenvalue weighted by Gasteiger charge is -2.03. The number of nitrogens with one attached hydrogen (secondary N) is 1. The summed E-state index contributed by atoms with van der Waals surface area (Å²) in [6.07, 6.45) is 1.89. The van der Waals surface area contributed by atoms with Crippen molar-refractivity contribution in [1.29, 1.82) is 0 Å². The molecule has 0 atom stereocenters. The van der Waals surface area contributed by atoms with Crippen LogP contribution in [-0.4, -0.2) is 43.6 Å². The van der Waals surface area contributed by atoms with Crippen molar-refractivity contribution in [1.82, 2.24) is 20.3 Å². The second-order valence-electron chi connectivity index (χ2n) is 4.37. The van der Waals surface area contributed by atoms with Crippen LogP contribution >= 0.6 is 0 Å². The third-order valence-corrected chi connectivity index (χ3v) is 2.70. The number of aliphatic carboxylic acids is 1. The minimum absolute atomic E-state index is 0.0713. The van der Waals surface area contributed by atoms with Gasteiger partial charge in [0, 0.05) is 6.54 Å². The van der Waals surface area contributed by atoms with Gasteiger partial charge in [-0.05, 0) is 24.1 Å². The van der Waals surface area contributed by atoms with E-state index in [0.29, 0.717) is 13.0 Å². The van der Waals surface area contributed by atoms with Crippen LogP contribution in [0.4, 0.5) is 0 Å². The van der Waals surface area contributed by atoms with Crippen molar-refractivity contribution in [2.75, 3.05) is 6.54 Å². The van der Waals surface area contributed by atoms with Crippen LogP contribution in [0.2, 0.25) is 0 Å². The number of hydrogen-bond acceptors (Lipinski definition) is 5. The fourth-order valence-electron chi connectivity index (χ4n) is 1.69. The predicted octanol–water partition coefficient (Wildman–Crippen LogP) is 0.0408. The first-order valence-electron chi connectivity index (χ1n) is 6.22. The minimum atomic E-state index is -1.06. The Morgan fingerprint density at radius 1 is 1.24 bits per heavy atom. The summed E-state index contributed by atoms with van der Waals surface area (Å²) >= 11 is 0. The summed E-state index contributed by atoms with van der Waals surface area (Å²) in [6.45, 7) is 0.0587. The summed E-state index contributed by atoms with van der Waals surface area (Å²) in [5.41, 5.74) is 1.05. The van der Waals surface area contributed by atoms with Gasteiger partial charge in [0.1, 0.15) is 12.3 Å². The molecule has 0 radical (unpaired) electrons. The molecule has 0 aliphatic rings. The van der Waals surface area contributed by atoms with E-state index in [1.165, 1.54) is 6.20 Å². The van der Waals surface area contributed by atoms with Crippen molar-refractivity contribution in [2.45, 2.75) is 13.0 Å². The maximum absolute atomic E-state index is 11.8. The standard InChI is InChI=1S/C13H14N4O4/c18-10-3-1-9(2-4-10)5-6-14-13(21)11-7-17(16-15-11)8-12(19)20/h1-4,7,18H,5-6,8H2,(H,14,21)(H,19,20). The predicted molar refractivity (Wildman–Crippen MR) is 71.8 cm³/mol. The van der Waals surface area contributed by atoms with Gasteiger partial charge in [0.25, 0.3) is 5.91 Å². The number of carboxylic acid groups (broad SMARTS) is 1. The van der Waals surface area contributed by atoms with E-state index in [0.717, 1.165) is 10.2 Å². The summed E-state index contributed by atoms with van der Waals surface area (Å²) in [4.78, 5) is 22.3. The zero-order chi connectivity index (χ0) is 15.2. The molecule has 0 spiro atoms. The number of phenols is 1. The van der Waals surface area contributed by atoms with Crippen molar-refractivity contribution in [3.63, 3.8) is 0 Å². The number of carbonyl (C=O) groups is 2.